The van der Waals surface area contributed by atoms with Crippen molar-refractivity contribution in [2.75, 3.05) is 19.0 Å². The van der Waals surface area contributed by atoms with Gasteiger partial charge in [-0.3, -0.25) is 4.79 Å². The summed E-state index contributed by atoms with van der Waals surface area (Å²) in [6.07, 6.45) is 2.50. The summed E-state index contributed by atoms with van der Waals surface area (Å²) in [7, 11) is 1.55. The SMILES string of the molecule is COC(CN)CC(=O)Nc1ccnn1CCc1ccccc1.Cl. The van der Waals surface area contributed by atoms with Crippen LogP contribution in [0.4, 0.5) is 5.82 Å². The van der Waals surface area contributed by atoms with Crippen molar-refractivity contribution in [3.8, 4) is 0 Å². The molecule has 7 heteroatoms. The average molecular weight is 339 g/mol. The molecule has 0 saturated heterocycles. The molecular weight excluding hydrogens is 316 g/mol. The molecule has 0 fully saturated rings. The molecule has 0 bridgehead atoms. The summed E-state index contributed by atoms with van der Waals surface area (Å²) >= 11 is 0. The molecule has 0 aliphatic carbocycles. The fourth-order valence-corrected chi connectivity index (χ4v) is 2.16. The molecule has 1 heterocycles. The number of amides is 1. The third kappa shape index (κ3) is 6.02. The predicted molar refractivity (Wildman–Crippen MR) is 92.7 cm³/mol. The zero-order valence-electron chi connectivity index (χ0n) is 13.1. The predicted octanol–water partition coefficient (Wildman–Crippen LogP) is 1.85. The van der Waals surface area contributed by atoms with E-state index in [1.54, 1.807) is 24.1 Å². The van der Waals surface area contributed by atoms with Gasteiger partial charge in [-0.1, -0.05) is 30.3 Å². The van der Waals surface area contributed by atoms with Crippen LogP contribution in [0.25, 0.3) is 0 Å². The van der Waals surface area contributed by atoms with Crippen LogP contribution in [0.1, 0.15) is 12.0 Å². The molecule has 23 heavy (non-hydrogen) atoms. The molecule has 6 nitrogen and oxygen atoms in total. The smallest absolute Gasteiger partial charge is 0.228 e. The second-order valence-electron chi connectivity index (χ2n) is 5.02. The number of nitrogens with zero attached hydrogens (tertiary/aromatic N) is 2. The topological polar surface area (TPSA) is 82.2 Å². The molecule has 1 atom stereocenters. The molecule has 126 valence electrons. The lowest BCUT2D eigenvalue weighted by atomic mass is 10.1. The minimum Gasteiger partial charge on any atom is -0.380 e. The lowest BCUT2D eigenvalue weighted by Gasteiger charge is -2.13. The van der Waals surface area contributed by atoms with E-state index in [4.69, 9.17) is 10.5 Å². The van der Waals surface area contributed by atoms with Crippen molar-refractivity contribution < 1.29 is 9.53 Å². The lowest BCUT2D eigenvalue weighted by molar-refractivity contribution is -0.118. The molecular formula is C16H23ClN4O2. The van der Waals surface area contributed by atoms with Crippen LogP contribution >= 0.6 is 12.4 Å². The second-order valence-corrected chi connectivity index (χ2v) is 5.02. The maximum absolute atomic E-state index is 12.0. The van der Waals surface area contributed by atoms with Crippen LogP contribution in [0.5, 0.6) is 0 Å². The molecule has 0 saturated carbocycles. The van der Waals surface area contributed by atoms with Crippen molar-refractivity contribution in [3.63, 3.8) is 0 Å². The van der Waals surface area contributed by atoms with Crippen LogP contribution in [0.15, 0.2) is 42.6 Å². The van der Waals surface area contributed by atoms with Crippen molar-refractivity contribution >= 4 is 24.1 Å². The minimum atomic E-state index is -0.263. The lowest BCUT2D eigenvalue weighted by Crippen LogP contribution is -2.28. The van der Waals surface area contributed by atoms with Gasteiger partial charge in [0.1, 0.15) is 5.82 Å². The van der Waals surface area contributed by atoms with E-state index in [2.05, 4.69) is 22.5 Å². The Morgan fingerprint density at radius 2 is 2.09 bits per heavy atom. The summed E-state index contributed by atoms with van der Waals surface area (Å²) in [6, 6.07) is 12.0. The molecule has 0 radical (unpaired) electrons. The number of carbonyl (C=O) groups excluding carboxylic acids is 1. The summed E-state index contributed by atoms with van der Waals surface area (Å²) in [5, 5.41) is 7.10. The summed E-state index contributed by atoms with van der Waals surface area (Å²) in [6.45, 7) is 1.02. The van der Waals surface area contributed by atoms with Crippen molar-refractivity contribution in [1.82, 2.24) is 9.78 Å². The van der Waals surface area contributed by atoms with Crippen LogP contribution in [0.2, 0.25) is 0 Å². The number of hydrogen-bond donors (Lipinski definition) is 2. The van der Waals surface area contributed by atoms with Gasteiger partial charge in [-0.05, 0) is 12.0 Å². The Kier molecular flexibility index (Phi) is 8.32. The third-order valence-electron chi connectivity index (χ3n) is 3.45. The standard InChI is InChI=1S/C16H22N4O2.ClH/c1-22-14(12-17)11-16(21)19-15-7-9-18-20(15)10-8-13-5-3-2-4-6-13;/h2-7,9,14H,8,10-12,17H2,1H3,(H,19,21);1H. The molecule has 0 spiro atoms. The van der Waals surface area contributed by atoms with Crippen molar-refractivity contribution in [2.24, 2.45) is 5.73 Å². The highest BCUT2D eigenvalue weighted by molar-refractivity contribution is 5.90. The number of methoxy groups -OCH3 is 1. The number of aromatic nitrogens is 2. The molecule has 1 unspecified atom stereocenters. The van der Waals surface area contributed by atoms with Gasteiger partial charge in [0.25, 0.3) is 0 Å². The normalized spacial score (nSPS) is 11.6. The van der Waals surface area contributed by atoms with E-state index in [1.807, 2.05) is 18.2 Å². The highest BCUT2D eigenvalue weighted by Crippen LogP contribution is 2.10. The number of anilines is 1. The third-order valence-corrected chi connectivity index (χ3v) is 3.45. The van der Waals surface area contributed by atoms with Gasteiger partial charge in [-0.15, -0.1) is 12.4 Å². The van der Waals surface area contributed by atoms with Gasteiger partial charge in [-0.25, -0.2) is 4.68 Å². The zero-order chi connectivity index (χ0) is 15.8. The quantitative estimate of drug-likeness (QED) is 0.769. The molecule has 3 N–H and O–H groups in total. The first-order valence-corrected chi connectivity index (χ1v) is 7.31. The van der Waals surface area contributed by atoms with Crippen LogP contribution < -0.4 is 11.1 Å². The number of halogens is 1. The Bertz CT molecular complexity index is 585. The fraction of sp³-hybridized carbons (Fsp3) is 0.375. The summed E-state index contributed by atoms with van der Waals surface area (Å²) < 4.78 is 6.90. The van der Waals surface area contributed by atoms with Gasteiger partial charge in [0.05, 0.1) is 18.7 Å². The van der Waals surface area contributed by atoms with E-state index in [0.717, 1.165) is 6.42 Å². The maximum Gasteiger partial charge on any atom is 0.228 e. The molecule has 0 aliphatic rings. The van der Waals surface area contributed by atoms with Crippen molar-refractivity contribution in [1.29, 1.82) is 0 Å². The first kappa shape index (κ1) is 19.2. The number of nitrogens with two attached hydrogens (primary N) is 1. The Hall–Kier alpha value is -1.89. The van der Waals surface area contributed by atoms with Crippen LogP contribution in [0, 0.1) is 0 Å². The molecule has 2 aromatic rings. The highest BCUT2D eigenvalue weighted by atomic mass is 35.5. The Morgan fingerprint density at radius 3 is 2.74 bits per heavy atom. The number of rotatable bonds is 8. The van der Waals surface area contributed by atoms with Gasteiger partial charge in [0.15, 0.2) is 0 Å². The van der Waals surface area contributed by atoms with Gasteiger partial charge in [0, 0.05) is 26.3 Å². The van der Waals surface area contributed by atoms with Crippen molar-refractivity contribution in [3.05, 3.63) is 48.2 Å². The zero-order valence-corrected chi connectivity index (χ0v) is 14.0. The fourth-order valence-electron chi connectivity index (χ4n) is 2.16. The van der Waals surface area contributed by atoms with E-state index >= 15 is 0 Å². The molecule has 0 aliphatic heterocycles. The first-order valence-electron chi connectivity index (χ1n) is 7.31. The molecule has 1 aromatic heterocycles. The number of carbonyl (C=O) groups is 1. The van der Waals surface area contributed by atoms with Gasteiger partial charge in [0.2, 0.25) is 5.91 Å². The second kappa shape index (κ2) is 9.99. The Balaban J connectivity index is 0.00000264. The minimum absolute atomic E-state index is 0. The van der Waals surface area contributed by atoms with E-state index in [-0.39, 0.29) is 30.8 Å². The largest absolute Gasteiger partial charge is 0.380 e. The number of benzene rings is 1. The van der Waals surface area contributed by atoms with Gasteiger partial charge >= 0.3 is 0 Å². The molecule has 1 amide bonds. The van der Waals surface area contributed by atoms with E-state index in [1.165, 1.54) is 5.56 Å². The number of ether oxygens (including phenoxy) is 1. The number of aryl methyl sites for hydroxylation is 2. The highest BCUT2D eigenvalue weighted by Gasteiger charge is 2.13. The number of nitrogens with one attached hydrogen (secondary N) is 1. The van der Waals surface area contributed by atoms with Crippen LogP contribution in [0.3, 0.4) is 0 Å². The maximum atomic E-state index is 12.0. The van der Waals surface area contributed by atoms with E-state index in [0.29, 0.717) is 18.9 Å². The van der Waals surface area contributed by atoms with Crippen LogP contribution in [-0.2, 0) is 22.5 Å². The van der Waals surface area contributed by atoms with Crippen LogP contribution in [-0.4, -0.2) is 35.4 Å². The Morgan fingerprint density at radius 1 is 1.35 bits per heavy atom. The molecule has 2 rings (SSSR count). The van der Waals surface area contributed by atoms with Crippen molar-refractivity contribution in [2.45, 2.75) is 25.5 Å². The number of hydrogen-bond acceptors (Lipinski definition) is 4. The van der Waals surface area contributed by atoms with Gasteiger partial charge in [-0.2, -0.15) is 5.10 Å². The first-order chi connectivity index (χ1) is 10.7. The Labute approximate surface area is 142 Å². The summed E-state index contributed by atoms with van der Waals surface area (Å²) in [4.78, 5) is 12.0. The monoisotopic (exact) mass is 338 g/mol. The van der Waals surface area contributed by atoms with E-state index < -0.39 is 0 Å². The van der Waals surface area contributed by atoms with E-state index in [9.17, 15) is 4.79 Å². The molecule has 1 aromatic carbocycles. The average Bonchev–Trinajstić information content (AvgIpc) is 2.98. The summed E-state index contributed by atoms with van der Waals surface area (Å²) in [5.74, 6) is 0.562. The summed E-state index contributed by atoms with van der Waals surface area (Å²) in [5.41, 5.74) is 6.76. The van der Waals surface area contributed by atoms with Gasteiger partial charge < -0.3 is 15.8 Å².